The minimum absolute atomic E-state index is 0.0940. The number of nitrogens with one attached hydrogen (secondary N) is 1. The van der Waals surface area contributed by atoms with Crippen molar-refractivity contribution in [2.45, 2.75) is 51.0 Å². The van der Waals surface area contributed by atoms with Gasteiger partial charge in [-0.2, -0.15) is 0 Å². The molecule has 0 spiro atoms. The fourth-order valence-electron chi connectivity index (χ4n) is 3.02. The molecule has 1 fully saturated rings. The Morgan fingerprint density at radius 1 is 1.30 bits per heavy atom. The highest BCUT2D eigenvalue weighted by Gasteiger charge is 2.16. The Hall–Kier alpha value is -1.39. The first-order chi connectivity index (χ1) is 11.2. The van der Waals surface area contributed by atoms with Crippen molar-refractivity contribution in [3.8, 4) is 0 Å². The summed E-state index contributed by atoms with van der Waals surface area (Å²) in [4.78, 5) is 16.7. The van der Waals surface area contributed by atoms with Gasteiger partial charge in [-0.3, -0.25) is 4.79 Å². The number of carbonyl (C=O) groups is 1. The molecule has 1 aromatic heterocycles. The minimum atomic E-state index is 0.0940. The van der Waals surface area contributed by atoms with E-state index in [2.05, 4.69) is 10.3 Å². The first-order valence-corrected chi connectivity index (χ1v) is 9.42. The van der Waals surface area contributed by atoms with Crippen molar-refractivity contribution in [3.05, 3.63) is 50.9 Å². The fraction of sp³-hybridized carbons (Fsp3) is 0.444. The predicted octanol–water partition coefficient (Wildman–Crippen LogP) is 4.38. The summed E-state index contributed by atoms with van der Waals surface area (Å²) in [5, 5.41) is 6.89. The van der Waals surface area contributed by atoms with Gasteiger partial charge in [-0.25, -0.2) is 4.98 Å². The SMILES string of the molecule is O=C(Cc1csc(Cc2cccc(Cl)c2)n1)NC1CCCCC1. The van der Waals surface area contributed by atoms with Crippen LogP contribution in [0.4, 0.5) is 0 Å². The van der Waals surface area contributed by atoms with Gasteiger partial charge in [0.1, 0.15) is 0 Å². The third kappa shape index (κ3) is 5.05. The number of rotatable bonds is 5. The molecule has 2 aromatic rings. The Morgan fingerprint density at radius 2 is 2.13 bits per heavy atom. The summed E-state index contributed by atoms with van der Waals surface area (Å²) in [7, 11) is 0. The van der Waals surface area contributed by atoms with Crippen LogP contribution in [0.3, 0.4) is 0 Å². The van der Waals surface area contributed by atoms with Crippen LogP contribution in [0.15, 0.2) is 29.6 Å². The van der Waals surface area contributed by atoms with Crippen LogP contribution < -0.4 is 5.32 Å². The second-order valence-corrected chi connectivity index (χ2v) is 7.50. The average molecular weight is 349 g/mol. The molecule has 0 unspecified atom stereocenters. The van der Waals surface area contributed by atoms with Gasteiger partial charge >= 0.3 is 0 Å². The van der Waals surface area contributed by atoms with Crippen LogP contribution in [0, 0.1) is 0 Å². The molecule has 3 rings (SSSR count). The van der Waals surface area contributed by atoms with Crippen LogP contribution in [0.5, 0.6) is 0 Å². The maximum absolute atomic E-state index is 12.1. The standard InChI is InChI=1S/C18H21ClN2OS/c19-14-6-4-5-13(9-14)10-18-21-16(12-23-18)11-17(22)20-15-7-2-1-3-8-15/h4-6,9,12,15H,1-3,7-8,10-11H2,(H,20,22). The van der Waals surface area contributed by atoms with Gasteiger partial charge in [-0.15, -0.1) is 11.3 Å². The predicted molar refractivity (Wildman–Crippen MR) is 95.1 cm³/mol. The molecule has 1 aliphatic rings. The lowest BCUT2D eigenvalue weighted by Crippen LogP contribution is -2.37. The normalized spacial score (nSPS) is 15.5. The maximum atomic E-state index is 12.1. The second-order valence-electron chi connectivity index (χ2n) is 6.12. The average Bonchev–Trinajstić information content (AvgIpc) is 2.95. The van der Waals surface area contributed by atoms with E-state index >= 15 is 0 Å². The smallest absolute Gasteiger partial charge is 0.226 e. The van der Waals surface area contributed by atoms with E-state index in [9.17, 15) is 4.79 Å². The molecule has 5 heteroatoms. The van der Waals surface area contributed by atoms with Crippen molar-refractivity contribution < 1.29 is 4.79 Å². The summed E-state index contributed by atoms with van der Waals surface area (Å²) >= 11 is 7.61. The number of halogens is 1. The van der Waals surface area contributed by atoms with Gasteiger partial charge in [0.2, 0.25) is 5.91 Å². The lowest BCUT2D eigenvalue weighted by molar-refractivity contribution is -0.121. The summed E-state index contributed by atoms with van der Waals surface area (Å²) in [6.07, 6.45) is 7.12. The van der Waals surface area contributed by atoms with E-state index in [-0.39, 0.29) is 5.91 Å². The summed E-state index contributed by atoms with van der Waals surface area (Å²) in [5.41, 5.74) is 2.00. The molecule has 1 heterocycles. The molecule has 122 valence electrons. The zero-order valence-electron chi connectivity index (χ0n) is 13.1. The van der Waals surface area contributed by atoms with Crippen molar-refractivity contribution in [2.75, 3.05) is 0 Å². The van der Waals surface area contributed by atoms with Crippen molar-refractivity contribution in [2.24, 2.45) is 0 Å². The van der Waals surface area contributed by atoms with Gasteiger partial charge in [0, 0.05) is 22.9 Å². The summed E-state index contributed by atoms with van der Waals surface area (Å²) in [5.74, 6) is 0.0940. The number of hydrogen-bond acceptors (Lipinski definition) is 3. The van der Waals surface area contributed by atoms with E-state index in [0.29, 0.717) is 12.5 Å². The van der Waals surface area contributed by atoms with Crippen LogP contribution in [0.2, 0.25) is 5.02 Å². The third-order valence-corrected chi connectivity index (χ3v) is 5.29. The molecule has 1 aliphatic carbocycles. The zero-order chi connectivity index (χ0) is 16.1. The van der Waals surface area contributed by atoms with E-state index in [4.69, 9.17) is 11.6 Å². The van der Waals surface area contributed by atoms with Gasteiger partial charge in [-0.1, -0.05) is 43.0 Å². The van der Waals surface area contributed by atoms with Crippen molar-refractivity contribution >= 4 is 28.8 Å². The van der Waals surface area contributed by atoms with Crippen LogP contribution in [0.1, 0.15) is 48.4 Å². The molecule has 1 N–H and O–H groups in total. The minimum Gasteiger partial charge on any atom is -0.353 e. The molecule has 3 nitrogen and oxygen atoms in total. The molecule has 1 aromatic carbocycles. The molecule has 0 atom stereocenters. The number of benzene rings is 1. The Balaban J connectivity index is 1.53. The van der Waals surface area contributed by atoms with Crippen molar-refractivity contribution in [1.82, 2.24) is 10.3 Å². The van der Waals surface area contributed by atoms with Crippen LogP contribution in [-0.2, 0) is 17.6 Å². The number of amides is 1. The lowest BCUT2D eigenvalue weighted by Gasteiger charge is -2.22. The van der Waals surface area contributed by atoms with Crippen LogP contribution in [-0.4, -0.2) is 16.9 Å². The zero-order valence-corrected chi connectivity index (χ0v) is 14.6. The Morgan fingerprint density at radius 3 is 2.91 bits per heavy atom. The molecule has 23 heavy (non-hydrogen) atoms. The van der Waals surface area contributed by atoms with Gasteiger partial charge in [-0.05, 0) is 30.5 Å². The van der Waals surface area contributed by atoms with E-state index in [1.54, 1.807) is 11.3 Å². The highest BCUT2D eigenvalue weighted by Crippen LogP contribution is 2.19. The number of hydrogen-bond donors (Lipinski definition) is 1. The molecule has 1 saturated carbocycles. The van der Waals surface area contributed by atoms with E-state index < -0.39 is 0 Å². The van der Waals surface area contributed by atoms with Crippen molar-refractivity contribution in [1.29, 1.82) is 0 Å². The molecular formula is C18H21ClN2OS. The molecule has 0 aliphatic heterocycles. The highest BCUT2D eigenvalue weighted by molar-refractivity contribution is 7.09. The topological polar surface area (TPSA) is 42.0 Å². The van der Waals surface area contributed by atoms with Gasteiger partial charge in [0.15, 0.2) is 0 Å². The van der Waals surface area contributed by atoms with Crippen LogP contribution in [0.25, 0.3) is 0 Å². The van der Waals surface area contributed by atoms with Crippen molar-refractivity contribution in [3.63, 3.8) is 0 Å². The molecule has 1 amide bonds. The van der Waals surface area contributed by atoms with E-state index in [1.165, 1.54) is 19.3 Å². The molecule has 0 bridgehead atoms. The van der Waals surface area contributed by atoms with Gasteiger partial charge in [0.25, 0.3) is 0 Å². The summed E-state index contributed by atoms with van der Waals surface area (Å²) < 4.78 is 0. The lowest BCUT2D eigenvalue weighted by atomic mass is 9.95. The number of carbonyl (C=O) groups excluding carboxylic acids is 1. The molecule has 0 radical (unpaired) electrons. The third-order valence-electron chi connectivity index (χ3n) is 4.16. The summed E-state index contributed by atoms with van der Waals surface area (Å²) in [6.45, 7) is 0. The number of thiazole rings is 1. The quantitative estimate of drug-likeness (QED) is 0.871. The molecule has 0 saturated heterocycles. The summed E-state index contributed by atoms with van der Waals surface area (Å²) in [6, 6.07) is 8.18. The van der Waals surface area contributed by atoms with Gasteiger partial charge < -0.3 is 5.32 Å². The maximum Gasteiger partial charge on any atom is 0.226 e. The monoisotopic (exact) mass is 348 g/mol. The largest absolute Gasteiger partial charge is 0.353 e. The first-order valence-electron chi connectivity index (χ1n) is 8.16. The second kappa shape index (κ2) is 7.93. The van der Waals surface area contributed by atoms with E-state index in [1.807, 2.05) is 29.6 Å². The Kier molecular flexibility index (Phi) is 5.68. The van der Waals surface area contributed by atoms with Gasteiger partial charge in [0.05, 0.1) is 17.1 Å². The fourth-order valence-corrected chi connectivity index (χ4v) is 4.06. The van der Waals surface area contributed by atoms with Crippen LogP contribution >= 0.6 is 22.9 Å². The molecular weight excluding hydrogens is 328 g/mol. The Bertz CT molecular complexity index is 665. The number of nitrogens with zero attached hydrogens (tertiary/aromatic N) is 1. The first kappa shape index (κ1) is 16.5. The van der Waals surface area contributed by atoms with E-state index in [0.717, 1.165) is 40.6 Å². The number of aromatic nitrogens is 1. The Labute approximate surface area is 146 Å². The highest BCUT2D eigenvalue weighted by atomic mass is 35.5.